The highest BCUT2D eigenvalue weighted by Gasteiger charge is 2.25. The van der Waals surface area contributed by atoms with Crippen LogP contribution >= 0.6 is 0 Å². The standard InChI is InChI=1S/C25H28N4O3/c1-31-21-7-9-22(10-8-21)32-18-15-26-25(30)20-13-16-29(17-14-20)24-12-11-23(27-28-24)19-5-3-2-4-6-19/h2-12,20H,13-18H2,1H3,(H,26,30). The van der Waals surface area contributed by atoms with Crippen LogP contribution in [0, 0.1) is 5.92 Å². The third kappa shape index (κ3) is 5.55. The number of rotatable bonds is 8. The van der Waals surface area contributed by atoms with E-state index in [1.54, 1.807) is 7.11 Å². The smallest absolute Gasteiger partial charge is 0.223 e. The van der Waals surface area contributed by atoms with Gasteiger partial charge < -0.3 is 19.7 Å². The summed E-state index contributed by atoms with van der Waals surface area (Å²) in [6, 6.07) is 21.4. The van der Waals surface area contributed by atoms with Gasteiger partial charge in [-0.2, -0.15) is 0 Å². The number of piperidine rings is 1. The van der Waals surface area contributed by atoms with Crippen LogP contribution in [0.15, 0.2) is 66.7 Å². The van der Waals surface area contributed by atoms with Gasteiger partial charge in [0.15, 0.2) is 5.82 Å². The van der Waals surface area contributed by atoms with Crippen molar-refractivity contribution in [2.24, 2.45) is 5.92 Å². The summed E-state index contributed by atoms with van der Waals surface area (Å²) in [4.78, 5) is 14.7. The van der Waals surface area contributed by atoms with Crippen LogP contribution in [0.2, 0.25) is 0 Å². The first-order valence-electron chi connectivity index (χ1n) is 10.9. The first-order valence-corrected chi connectivity index (χ1v) is 10.9. The second-order valence-corrected chi connectivity index (χ2v) is 7.72. The predicted molar refractivity (Wildman–Crippen MR) is 124 cm³/mol. The number of amides is 1. The van der Waals surface area contributed by atoms with Crippen molar-refractivity contribution in [3.05, 3.63) is 66.7 Å². The van der Waals surface area contributed by atoms with Crippen molar-refractivity contribution in [3.8, 4) is 22.8 Å². The van der Waals surface area contributed by atoms with Gasteiger partial charge in [0.2, 0.25) is 5.91 Å². The third-order valence-electron chi connectivity index (χ3n) is 5.64. The van der Waals surface area contributed by atoms with Crippen molar-refractivity contribution >= 4 is 11.7 Å². The summed E-state index contributed by atoms with van der Waals surface area (Å²) in [5.74, 6) is 2.51. The van der Waals surface area contributed by atoms with Gasteiger partial charge in [-0.25, -0.2) is 0 Å². The zero-order chi connectivity index (χ0) is 22.2. The Bertz CT molecular complexity index is 986. The molecule has 166 valence electrons. The zero-order valence-corrected chi connectivity index (χ0v) is 18.2. The van der Waals surface area contributed by atoms with Crippen molar-refractivity contribution in [2.45, 2.75) is 12.8 Å². The maximum Gasteiger partial charge on any atom is 0.223 e. The van der Waals surface area contributed by atoms with Crippen molar-refractivity contribution in [1.29, 1.82) is 0 Å². The summed E-state index contributed by atoms with van der Waals surface area (Å²) in [6.07, 6.45) is 1.60. The number of hydrogen-bond donors (Lipinski definition) is 1. The quantitative estimate of drug-likeness (QED) is 0.549. The van der Waals surface area contributed by atoms with Crippen LogP contribution in [-0.2, 0) is 4.79 Å². The Kier molecular flexibility index (Phi) is 7.17. The van der Waals surface area contributed by atoms with E-state index in [-0.39, 0.29) is 11.8 Å². The molecule has 0 atom stereocenters. The second kappa shape index (κ2) is 10.6. The number of carbonyl (C=O) groups excluding carboxylic acids is 1. The van der Waals surface area contributed by atoms with E-state index in [2.05, 4.69) is 20.4 Å². The van der Waals surface area contributed by atoms with Crippen LogP contribution in [0.1, 0.15) is 12.8 Å². The summed E-state index contributed by atoms with van der Waals surface area (Å²) in [7, 11) is 1.63. The van der Waals surface area contributed by atoms with Crippen LogP contribution < -0.4 is 19.7 Å². The summed E-state index contributed by atoms with van der Waals surface area (Å²) >= 11 is 0. The fourth-order valence-electron chi connectivity index (χ4n) is 3.79. The molecule has 2 heterocycles. The minimum absolute atomic E-state index is 0.0174. The Hall–Kier alpha value is -3.61. The van der Waals surface area contributed by atoms with E-state index in [1.807, 2.05) is 66.7 Å². The topological polar surface area (TPSA) is 76.6 Å². The lowest BCUT2D eigenvalue weighted by Crippen LogP contribution is -2.41. The first-order chi connectivity index (χ1) is 15.7. The van der Waals surface area contributed by atoms with Crippen LogP contribution in [-0.4, -0.2) is 49.5 Å². The van der Waals surface area contributed by atoms with Gasteiger partial charge in [-0.3, -0.25) is 4.79 Å². The van der Waals surface area contributed by atoms with Gasteiger partial charge in [-0.05, 0) is 49.2 Å². The molecule has 1 amide bonds. The highest BCUT2D eigenvalue weighted by molar-refractivity contribution is 5.79. The Labute approximate surface area is 188 Å². The number of nitrogens with zero attached hydrogens (tertiary/aromatic N) is 3. The summed E-state index contributed by atoms with van der Waals surface area (Å²) < 4.78 is 10.8. The van der Waals surface area contributed by atoms with E-state index in [4.69, 9.17) is 9.47 Å². The number of aromatic nitrogens is 2. The highest BCUT2D eigenvalue weighted by atomic mass is 16.5. The summed E-state index contributed by atoms with van der Waals surface area (Å²) in [5.41, 5.74) is 1.92. The second-order valence-electron chi connectivity index (χ2n) is 7.72. The molecule has 1 saturated heterocycles. The summed E-state index contributed by atoms with van der Waals surface area (Å²) in [6.45, 7) is 2.50. The predicted octanol–water partition coefficient (Wildman–Crippen LogP) is 3.56. The maximum atomic E-state index is 12.5. The monoisotopic (exact) mass is 432 g/mol. The molecule has 3 aromatic rings. The molecule has 7 heteroatoms. The average molecular weight is 433 g/mol. The van der Waals surface area contributed by atoms with Gasteiger partial charge in [-0.15, -0.1) is 10.2 Å². The van der Waals surface area contributed by atoms with Gasteiger partial charge in [0.1, 0.15) is 18.1 Å². The van der Waals surface area contributed by atoms with Gasteiger partial charge in [0.25, 0.3) is 0 Å². The Balaban J connectivity index is 1.19. The molecule has 2 aromatic carbocycles. The minimum atomic E-state index is 0.0174. The Morgan fingerprint density at radius 2 is 1.69 bits per heavy atom. The van der Waals surface area contributed by atoms with E-state index in [0.29, 0.717) is 13.2 Å². The molecule has 32 heavy (non-hydrogen) atoms. The number of benzene rings is 2. The SMILES string of the molecule is COc1ccc(OCCNC(=O)C2CCN(c3ccc(-c4ccccc4)nn3)CC2)cc1. The maximum absolute atomic E-state index is 12.5. The normalized spacial score (nSPS) is 14.1. The molecule has 0 bridgehead atoms. The number of ether oxygens (including phenoxy) is 2. The van der Waals surface area contributed by atoms with Gasteiger partial charge in [0, 0.05) is 24.6 Å². The molecule has 0 aliphatic carbocycles. The van der Waals surface area contributed by atoms with E-state index >= 15 is 0 Å². The molecule has 1 aliphatic heterocycles. The van der Waals surface area contributed by atoms with Crippen LogP contribution in [0.25, 0.3) is 11.3 Å². The van der Waals surface area contributed by atoms with E-state index in [0.717, 1.165) is 54.5 Å². The van der Waals surface area contributed by atoms with Crippen LogP contribution in [0.4, 0.5) is 5.82 Å². The lowest BCUT2D eigenvalue weighted by Gasteiger charge is -2.31. The van der Waals surface area contributed by atoms with E-state index < -0.39 is 0 Å². The molecule has 0 spiro atoms. The van der Waals surface area contributed by atoms with Crippen molar-refractivity contribution in [3.63, 3.8) is 0 Å². The van der Waals surface area contributed by atoms with Crippen LogP contribution in [0.3, 0.4) is 0 Å². The van der Waals surface area contributed by atoms with Crippen molar-refractivity contribution in [2.75, 3.05) is 38.3 Å². The van der Waals surface area contributed by atoms with E-state index in [9.17, 15) is 4.79 Å². The lowest BCUT2D eigenvalue weighted by atomic mass is 9.96. The van der Waals surface area contributed by atoms with Gasteiger partial charge in [-0.1, -0.05) is 30.3 Å². The molecule has 0 saturated carbocycles. The molecular weight excluding hydrogens is 404 g/mol. The molecule has 0 unspecified atom stereocenters. The molecule has 0 radical (unpaired) electrons. The van der Waals surface area contributed by atoms with Crippen molar-refractivity contribution < 1.29 is 14.3 Å². The fourth-order valence-corrected chi connectivity index (χ4v) is 3.79. The number of nitrogens with one attached hydrogen (secondary N) is 1. The molecule has 1 fully saturated rings. The molecule has 1 aliphatic rings. The highest BCUT2D eigenvalue weighted by Crippen LogP contribution is 2.23. The Morgan fingerprint density at radius 3 is 2.34 bits per heavy atom. The Morgan fingerprint density at radius 1 is 0.969 bits per heavy atom. The number of methoxy groups -OCH3 is 1. The molecule has 4 rings (SSSR count). The first kappa shape index (κ1) is 21.6. The average Bonchev–Trinajstić information content (AvgIpc) is 2.87. The number of carbonyl (C=O) groups is 1. The number of hydrogen-bond acceptors (Lipinski definition) is 6. The van der Waals surface area contributed by atoms with E-state index in [1.165, 1.54) is 0 Å². The van der Waals surface area contributed by atoms with Gasteiger partial charge >= 0.3 is 0 Å². The fraction of sp³-hybridized carbons (Fsp3) is 0.320. The van der Waals surface area contributed by atoms with Crippen LogP contribution in [0.5, 0.6) is 11.5 Å². The molecule has 1 N–H and O–H groups in total. The van der Waals surface area contributed by atoms with Crippen molar-refractivity contribution in [1.82, 2.24) is 15.5 Å². The molecule has 7 nitrogen and oxygen atoms in total. The molecule has 1 aromatic heterocycles. The largest absolute Gasteiger partial charge is 0.497 e. The molecular formula is C25H28N4O3. The van der Waals surface area contributed by atoms with Gasteiger partial charge in [0.05, 0.1) is 19.3 Å². The zero-order valence-electron chi connectivity index (χ0n) is 18.2. The third-order valence-corrected chi connectivity index (χ3v) is 5.64. The number of anilines is 1. The lowest BCUT2D eigenvalue weighted by molar-refractivity contribution is -0.125. The minimum Gasteiger partial charge on any atom is -0.497 e. The summed E-state index contributed by atoms with van der Waals surface area (Å²) in [5, 5.41) is 11.8.